The molecule has 0 unspecified atom stereocenters. The van der Waals surface area contributed by atoms with Gasteiger partial charge in [-0.25, -0.2) is 23.5 Å². The zero-order valence-corrected chi connectivity index (χ0v) is 13.0. The van der Waals surface area contributed by atoms with E-state index >= 15 is 0 Å². The number of nitrogens with one attached hydrogen (secondary N) is 1. The van der Waals surface area contributed by atoms with Crippen LogP contribution in [0.1, 0.15) is 23.5 Å². The summed E-state index contributed by atoms with van der Waals surface area (Å²) in [5.74, 6) is 0.627. The SMILES string of the molecule is O=C(O)N1CC(c2cc(Cl)nc(Nc3cc(C(F)F)ccn3)c2)C1. The van der Waals surface area contributed by atoms with E-state index in [2.05, 4.69) is 15.3 Å². The van der Waals surface area contributed by atoms with Gasteiger partial charge in [0.2, 0.25) is 0 Å². The minimum atomic E-state index is -2.59. The van der Waals surface area contributed by atoms with Crippen molar-refractivity contribution in [1.82, 2.24) is 14.9 Å². The number of nitrogens with zero attached hydrogens (tertiary/aromatic N) is 3. The van der Waals surface area contributed by atoms with Gasteiger partial charge in [0, 0.05) is 30.8 Å². The molecule has 0 saturated carbocycles. The number of hydrogen-bond acceptors (Lipinski definition) is 4. The Bertz CT molecular complexity index is 769. The average molecular weight is 355 g/mol. The van der Waals surface area contributed by atoms with E-state index in [4.69, 9.17) is 16.7 Å². The minimum absolute atomic E-state index is 0.0301. The monoisotopic (exact) mass is 354 g/mol. The Kier molecular flexibility index (Phi) is 4.48. The molecule has 0 atom stereocenters. The van der Waals surface area contributed by atoms with Crippen LogP contribution in [0.25, 0.3) is 0 Å². The third kappa shape index (κ3) is 3.53. The molecule has 2 N–H and O–H groups in total. The summed E-state index contributed by atoms with van der Waals surface area (Å²) in [6.07, 6.45) is -2.27. The van der Waals surface area contributed by atoms with Gasteiger partial charge >= 0.3 is 6.09 Å². The first kappa shape index (κ1) is 16.4. The molecule has 3 heterocycles. The number of likely N-dealkylation sites (tertiary alicyclic amines) is 1. The van der Waals surface area contributed by atoms with Crippen molar-refractivity contribution in [1.29, 1.82) is 0 Å². The number of alkyl halides is 2. The molecule has 126 valence electrons. The highest BCUT2D eigenvalue weighted by molar-refractivity contribution is 6.29. The fourth-order valence-electron chi connectivity index (χ4n) is 2.44. The van der Waals surface area contributed by atoms with Gasteiger partial charge in [0.05, 0.1) is 0 Å². The minimum Gasteiger partial charge on any atom is -0.465 e. The lowest BCUT2D eigenvalue weighted by atomic mass is 9.92. The Morgan fingerprint density at radius 3 is 2.75 bits per heavy atom. The molecule has 2 aromatic rings. The second-order valence-electron chi connectivity index (χ2n) is 5.39. The Labute approximate surface area is 141 Å². The lowest BCUT2D eigenvalue weighted by Gasteiger charge is -2.37. The van der Waals surface area contributed by atoms with Gasteiger partial charge in [-0.15, -0.1) is 0 Å². The number of amides is 1. The van der Waals surface area contributed by atoms with E-state index in [-0.39, 0.29) is 22.5 Å². The number of halogens is 3. The Morgan fingerprint density at radius 2 is 2.08 bits per heavy atom. The quantitative estimate of drug-likeness (QED) is 0.814. The first-order valence-corrected chi connectivity index (χ1v) is 7.46. The summed E-state index contributed by atoms with van der Waals surface area (Å²) in [5.41, 5.74) is 0.686. The largest absolute Gasteiger partial charge is 0.465 e. The highest BCUT2D eigenvalue weighted by Gasteiger charge is 2.32. The number of carbonyl (C=O) groups is 1. The average Bonchev–Trinajstić information content (AvgIpc) is 2.44. The van der Waals surface area contributed by atoms with Crippen molar-refractivity contribution < 1.29 is 18.7 Å². The van der Waals surface area contributed by atoms with Crippen molar-refractivity contribution in [2.75, 3.05) is 18.4 Å². The Balaban J connectivity index is 1.77. The molecular formula is C15H13ClF2N4O2. The first-order valence-electron chi connectivity index (χ1n) is 7.09. The van der Waals surface area contributed by atoms with Crippen LogP contribution in [0, 0.1) is 0 Å². The lowest BCUT2D eigenvalue weighted by molar-refractivity contribution is 0.105. The second-order valence-corrected chi connectivity index (χ2v) is 5.78. The summed E-state index contributed by atoms with van der Waals surface area (Å²) < 4.78 is 25.5. The van der Waals surface area contributed by atoms with E-state index in [9.17, 15) is 13.6 Å². The van der Waals surface area contributed by atoms with Crippen molar-refractivity contribution in [2.24, 2.45) is 0 Å². The molecule has 9 heteroatoms. The predicted molar refractivity (Wildman–Crippen MR) is 84.1 cm³/mol. The fraction of sp³-hybridized carbons (Fsp3) is 0.267. The van der Waals surface area contributed by atoms with Crippen molar-refractivity contribution in [3.05, 3.63) is 46.7 Å². The van der Waals surface area contributed by atoms with Crippen molar-refractivity contribution >= 4 is 29.3 Å². The van der Waals surface area contributed by atoms with Gasteiger partial charge in [0.15, 0.2) is 0 Å². The van der Waals surface area contributed by atoms with Gasteiger partial charge in [-0.05, 0) is 29.8 Å². The molecule has 0 aromatic carbocycles. The lowest BCUT2D eigenvalue weighted by Crippen LogP contribution is -2.47. The number of pyridine rings is 2. The molecule has 1 saturated heterocycles. The normalized spacial score (nSPS) is 14.6. The molecule has 1 aliphatic rings. The van der Waals surface area contributed by atoms with Crippen molar-refractivity contribution in [3.63, 3.8) is 0 Å². The standard InChI is InChI=1S/C15H13ClF2N4O2/c16-11-3-9(10-6-22(7-10)15(23)24)5-13(20-11)21-12-4-8(14(17)18)1-2-19-12/h1-5,10,14H,6-7H2,(H,23,24)(H,19,20,21). The van der Waals surface area contributed by atoms with Crippen LogP contribution in [0.2, 0.25) is 5.15 Å². The highest BCUT2D eigenvalue weighted by Crippen LogP contribution is 2.30. The molecule has 0 aliphatic carbocycles. The van der Waals surface area contributed by atoms with Crippen LogP contribution in [0.3, 0.4) is 0 Å². The van der Waals surface area contributed by atoms with E-state index in [0.717, 1.165) is 5.56 Å². The van der Waals surface area contributed by atoms with Gasteiger partial charge in [0.1, 0.15) is 16.8 Å². The Hall–Kier alpha value is -2.48. The number of anilines is 2. The maximum absolute atomic E-state index is 12.7. The van der Waals surface area contributed by atoms with Crippen LogP contribution >= 0.6 is 11.6 Å². The summed E-state index contributed by atoms with van der Waals surface area (Å²) in [6, 6.07) is 5.86. The van der Waals surface area contributed by atoms with Crippen LogP contribution in [0.5, 0.6) is 0 Å². The molecule has 1 fully saturated rings. The van der Waals surface area contributed by atoms with Gasteiger partial charge in [-0.2, -0.15) is 0 Å². The van der Waals surface area contributed by atoms with E-state index in [1.54, 1.807) is 12.1 Å². The van der Waals surface area contributed by atoms with Crippen LogP contribution in [0.4, 0.5) is 25.2 Å². The molecule has 3 rings (SSSR count). The maximum Gasteiger partial charge on any atom is 0.407 e. The molecule has 0 spiro atoms. The smallest absolute Gasteiger partial charge is 0.407 e. The molecule has 1 amide bonds. The van der Waals surface area contributed by atoms with Gasteiger partial charge in [-0.1, -0.05) is 11.6 Å². The molecule has 2 aromatic heterocycles. The molecular weight excluding hydrogens is 342 g/mol. The van der Waals surface area contributed by atoms with E-state index in [1.165, 1.54) is 23.2 Å². The fourth-order valence-corrected chi connectivity index (χ4v) is 2.66. The van der Waals surface area contributed by atoms with E-state index in [1.807, 2.05) is 0 Å². The van der Waals surface area contributed by atoms with Crippen molar-refractivity contribution in [3.8, 4) is 0 Å². The highest BCUT2D eigenvalue weighted by atomic mass is 35.5. The second kappa shape index (κ2) is 6.56. The third-order valence-corrected chi connectivity index (χ3v) is 3.93. The zero-order valence-electron chi connectivity index (χ0n) is 12.3. The molecule has 6 nitrogen and oxygen atoms in total. The molecule has 0 bridgehead atoms. The van der Waals surface area contributed by atoms with Gasteiger partial charge in [0.25, 0.3) is 6.43 Å². The summed E-state index contributed by atoms with van der Waals surface area (Å²) >= 11 is 6.00. The first-order chi connectivity index (χ1) is 11.4. The van der Waals surface area contributed by atoms with E-state index < -0.39 is 12.5 Å². The molecule has 24 heavy (non-hydrogen) atoms. The van der Waals surface area contributed by atoms with Crippen LogP contribution in [-0.2, 0) is 0 Å². The van der Waals surface area contributed by atoms with E-state index in [0.29, 0.717) is 18.9 Å². The number of aromatic nitrogens is 2. The summed E-state index contributed by atoms with van der Waals surface area (Å²) in [5, 5.41) is 12.0. The van der Waals surface area contributed by atoms with Crippen LogP contribution in [0.15, 0.2) is 30.5 Å². The van der Waals surface area contributed by atoms with Crippen LogP contribution in [-0.4, -0.2) is 39.2 Å². The molecule has 0 radical (unpaired) electrons. The number of rotatable bonds is 4. The maximum atomic E-state index is 12.7. The topological polar surface area (TPSA) is 78.3 Å². The third-order valence-electron chi connectivity index (χ3n) is 3.73. The Morgan fingerprint density at radius 1 is 1.33 bits per heavy atom. The molecule has 1 aliphatic heterocycles. The number of carboxylic acid groups (broad SMARTS) is 1. The predicted octanol–water partition coefficient (Wildman–Crippen LogP) is 3.89. The summed E-state index contributed by atoms with van der Waals surface area (Å²) in [7, 11) is 0. The van der Waals surface area contributed by atoms with Crippen LogP contribution < -0.4 is 5.32 Å². The number of hydrogen-bond donors (Lipinski definition) is 2. The summed E-state index contributed by atoms with van der Waals surface area (Å²) in [4.78, 5) is 20.2. The zero-order chi connectivity index (χ0) is 17.3. The van der Waals surface area contributed by atoms with Gasteiger partial charge in [-0.3, -0.25) is 0 Å². The van der Waals surface area contributed by atoms with Gasteiger partial charge < -0.3 is 15.3 Å². The summed E-state index contributed by atoms with van der Waals surface area (Å²) in [6.45, 7) is 0.766. The van der Waals surface area contributed by atoms with Crippen molar-refractivity contribution in [2.45, 2.75) is 12.3 Å².